The van der Waals surface area contributed by atoms with E-state index in [1.54, 1.807) is 47.6 Å². The van der Waals surface area contributed by atoms with E-state index in [4.69, 9.17) is 0 Å². The van der Waals surface area contributed by atoms with Crippen molar-refractivity contribution >= 4 is 23.4 Å². The molecule has 1 spiro atoms. The van der Waals surface area contributed by atoms with Crippen LogP contribution in [0.25, 0.3) is 0 Å². The smallest absolute Gasteiger partial charge is 0.254 e. The van der Waals surface area contributed by atoms with Gasteiger partial charge in [0.15, 0.2) is 0 Å². The van der Waals surface area contributed by atoms with Crippen LogP contribution >= 0.6 is 0 Å². The summed E-state index contributed by atoms with van der Waals surface area (Å²) in [4.78, 5) is 43.2. The molecule has 1 aliphatic heterocycles. The fourth-order valence-corrected chi connectivity index (χ4v) is 3.83. The van der Waals surface area contributed by atoms with E-state index in [1.165, 1.54) is 0 Å². The molecule has 3 amide bonds. The Kier molecular flexibility index (Phi) is 4.81. The number of benzene rings is 1. The van der Waals surface area contributed by atoms with E-state index < -0.39 is 5.54 Å². The summed E-state index contributed by atoms with van der Waals surface area (Å²) in [7, 11) is 0. The van der Waals surface area contributed by atoms with Crippen molar-refractivity contribution in [2.75, 3.05) is 18.4 Å². The number of aromatic nitrogens is 1. The van der Waals surface area contributed by atoms with Crippen LogP contribution in [-0.2, 0) is 16.0 Å². The highest BCUT2D eigenvalue weighted by molar-refractivity contribution is 6.01. The lowest BCUT2D eigenvalue weighted by Crippen LogP contribution is -2.69. The van der Waals surface area contributed by atoms with E-state index in [0.717, 1.165) is 12.0 Å². The first-order valence-electron chi connectivity index (χ1n) is 9.48. The van der Waals surface area contributed by atoms with Crippen molar-refractivity contribution in [1.29, 1.82) is 0 Å². The van der Waals surface area contributed by atoms with Crippen molar-refractivity contribution in [2.24, 2.45) is 0 Å². The van der Waals surface area contributed by atoms with Crippen molar-refractivity contribution in [3.05, 3.63) is 59.9 Å². The highest BCUT2D eigenvalue weighted by Crippen LogP contribution is 2.40. The summed E-state index contributed by atoms with van der Waals surface area (Å²) in [5, 5.41) is 5.70. The molecular weight excluding hydrogens is 356 g/mol. The molecule has 2 heterocycles. The van der Waals surface area contributed by atoms with Gasteiger partial charge in [0.05, 0.1) is 6.42 Å². The SMILES string of the molecule is O=C(Cc1cccnc1)Nc1ccc(C(=O)N2CCNC(=O)C23CCC3)cc1. The molecule has 7 heteroatoms. The van der Waals surface area contributed by atoms with Gasteiger partial charge in [-0.1, -0.05) is 6.07 Å². The van der Waals surface area contributed by atoms with Crippen molar-refractivity contribution in [3.63, 3.8) is 0 Å². The highest BCUT2D eigenvalue weighted by Gasteiger charge is 2.52. The zero-order chi connectivity index (χ0) is 19.6. The molecule has 0 unspecified atom stereocenters. The molecule has 0 radical (unpaired) electrons. The van der Waals surface area contributed by atoms with E-state index in [9.17, 15) is 14.4 Å². The number of hydrogen-bond acceptors (Lipinski definition) is 4. The first kappa shape index (κ1) is 18.2. The van der Waals surface area contributed by atoms with E-state index in [0.29, 0.717) is 37.2 Å². The molecule has 1 aromatic heterocycles. The Balaban J connectivity index is 1.42. The fraction of sp³-hybridized carbons (Fsp3) is 0.333. The van der Waals surface area contributed by atoms with Gasteiger partial charge in [0.2, 0.25) is 11.8 Å². The molecule has 7 nitrogen and oxygen atoms in total. The van der Waals surface area contributed by atoms with Crippen LogP contribution in [0.5, 0.6) is 0 Å². The third-order valence-corrected chi connectivity index (χ3v) is 5.49. The van der Waals surface area contributed by atoms with Crippen LogP contribution in [0.1, 0.15) is 35.2 Å². The molecule has 0 bridgehead atoms. The number of hydrogen-bond donors (Lipinski definition) is 2. The van der Waals surface area contributed by atoms with E-state index in [1.807, 2.05) is 6.07 Å². The van der Waals surface area contributed by atoms with Gasteiger partial charge in [-0.25, -0.2) is 0 Å². The first-order chi connectivity index (χ1) is 13.6. The van der Waals surface area contributed by atoms with E-state index >= 15 is 0 Å². The molecule has 1 aromatic carbocycles. The summed E-state index contributed by atoms with van der Waals surface area (Å²) in [5.41, 5.74) is 1.30. The molecule has 2 aromatic rings. The zero-order valence-corrected chi connectivity index (χ0v) is 15.5. The summed E-state index contributed by atoms with van der Waals surface area (Å²) in [6.07, 6.45) is 5.95. The van der Waals surface area contributed by atoms with Crippen molar-refractivity contribution in [3.8, 4) is 0 Å². The van der Waals surface area contributed by atoms with Crippen LogP contribution in [0.4, 0.5) is 5.69 Å². The molecule has 0 atom stereocenters. The second-order valence-electron chi connectivity index (χ2n) is 7.26. The highest BCUT2D eigenvalue weighted by atomic mass is 16.2. The van der Waals surface area contributed by atoms with Crippen LogP contribution in [0.15, 0.2) is 48.8 Å². The minimum atomic E-state index is -0.675. The van der Waals surface area contributed by atoms with Crippen molar-refractivity contribution in [2.45, 2.75) is 31.2 Å². The predicted molar refractivity (Wildman–Crippen MR) is 104 cm³/mol. The fourth-order valence-electron chi connectivity index (χ4n) is 3.83. The number of rotatable bonds is 4. The maximum atomic E-state index is 13.0. The van der Waals surface area contributed by atoms with Crippen LogP contribution in [0.2, 0.25) is 0 Å². The van der Waals surface area contributed by atoms with Gasteiger partial charge in [0.1, 0.15) is 5.54 Å². The average Bonchev–Trinajstić information content (AvgIpc) is 2.67. The van der Waals surface area contributed by atoms with E-state index in [2.05, 4.69) is 15.6 Å². The molecule has 2 aliphatic rings. The third kappa shape index (κ3) is 3.35. The molecule has 1 saturated carbocycles. The summed E-state index contributed by atoms with van der Waals surface area (Å²) in [5.74, 6) is -0.325. The van der Waals surface area contributed by atoms with Gasteiger partial charge < -0.3 is 15.5 Å². The Morgan fingerprint density at radius 1 is 1.18 bits per heavy atom. The van der Waals surface area contributed by atoms with Crippen molar-refractivity contribution < 1.29 is 14.4 Å². The number of pyridine rings is 1. The Hall–Kier alpha value is -3.22. The number of anilines is 1. The minimum Gasteiger partial charge on any atom is -0.352 e. The molecule has 1 aliphatic carbocycles. The lowest BCUT2D eigenvalue weighted by atomic mass is 9.73. The maximum absolute atomic E-state index is 13.0. The van der Waals surface area contributed by atoms with Gasteiger partial charge in [-0.15, -0.1) is 0 Å². The number of amides is 3. The monoisotopic (exact) mass is 378 g/mol. The second kappa shape index (κ2) is 7.42. The molecule has 2 N–H and O–H groups in total. The van der Waals surface area contributed by atoms with Crippen LogP contribution in [-0.4, -0.2) is 46.2 Å². The maximum Gasteiger partial charge on any atom is 0.254 e. The minimum absolute atomic E-state index is 0.0439. The van der Waals surface area contributed by atoms with Gasteiger partial charge in [-0.2, -0.15) is 0 Å². The second-order valence-corrected chi connectivity index (χ2v) is 7.26. The molecule has 1 saturated heterocycles. The Labute approximate surface area is 163 Å². The van der Waals surface area contributed by atoms with E-state index in [-0.39, 0.29) is 24.1 Å². The van der Waals surface area contributed by atoms with Gasteiger partial charge in [0, 0.05) is 36.7 Å². The van der Waals surface area contributed by atoms with Crippen molar-refractivity contribution in [1.82, 2.24) is 15.2 Å². The molecule has 28 heavy (non-hydrogen) atoms. The number of carbonyl (C=O) groups excluding carboxylic acids is 3. The zero-order valence-electron chi connectivity index (χ0n) is 15.5. The standard InChI is InChI=1S/C21H22N4O3/c26-18(13-15-3-1-10-22-14-15)24-17-6-4-16(5-7-17)19(27)25-12-11-23-20(28)21(25)8-2-9-21/h1,3-7,10,14H,2,8-9,11-13H2,(H,23,28)(H,24,26). The lowest BCUT2D eigenvalue weighted by Gasteiger charge is -2.51. The quantitative estimate of drug-likeness (QED) is 0.848. The number of nitrogens with one attached hydrogen (secondary N) is 2. The van der Waals surface area contributed by atoms with Gasteiger partial charge >= 0.3 is 0 Å². The lowest BCUT2D eigenvalue weighted by molar-refractivity contribution is -0.141. The van der Waals surface area contributed by atoms with Gasteiger partial charge in [-0.3, -0.25) is 19.4 Å². The number of carbonyl (C=O) groups is 3. The van der Waals surface area contributed by atoms with Crippen LogP contribution in [0, 0.1) is 0 Å². The van der Waals surface area contributed by atoms with Gasteiger partial charge in [-0.05, 0) is 55.2 Å². The summed E-state index contributed by atoms with van der Waals surface area (Å²) in [6, 6.07) is 10.5. The first-order valence-corrected chi connectivity index (χ1v) is 9.48. The predicted octanol–water partition coefficient (Wildman–Crippen LogP) is 1.76. The van der Waals surface area contributed by atoms with Gasteiger partial charge in [0.25, 0.3) is 5.91 Å². The third-order valence-electron chi connectivity index (χ3n) is 5.49. The van der Waals surface area contributed by atoms with Crippen LogP contribution in [0.3, 0.4) is 0 Å². The van der Waals surface area contributed by atoms with Crippen LogP contribution < -0.4 is 10.6 Å². The number of nitrogens with zero attached hydrogens (tertiary/aromatic N) is 2. The Morgan fingerprint density at radius 3 is 2.61 bits per heavy atom. The summed E-state index contributed by atoms with van der Waals surface area (Å²) in [6.45, 7) is 1.00. The molecule has 4 rings (SSSR count). The number of piperazine rings is 1. The Bertz CT molecular complexity index is 892. The molecular formula is C21H22N4O3. The summed E-state index contributed by atoms with van der Waals surface area (Å²) < 4.78 is 0. The molecule has 2 fully saturated rings. The summed E-state index contributed by atoms with van der Waals surface area (Å²) >= 11 is 0. The average molecular weight is 378 g/mol. The Morgan fingerprint density at radius 2 is 1.96 bits per heavy atom. The largest absolute Gasteiger partial charge is 0.352 e. The topological polar surface area (TPSA) is 91.4 Å². The molecule has 144 valence electrons. The normalized spacial score (nSPS) is 17.6.